The lowest BCUT2D eigenvalue weighted by Crippen LogP contribution is -2.48. The van der Waals surface area contributed by atoms with Crippen molar-refractivity contribution >= 4 is 8.32 Å². The van der Waals surface area contributed by atoms with Crippen molar-refractivity contribution in [1.82, 2.24) is 0 Å². The minimum Gasteiger partial charge on any atom is -0.417 e. The Kier molecular flexibility index (Phi) is 5.30. The maximum absolute atomic E-state index is 6.68. The largest absolute Gasteiger partial charge is 0.417 e. The van der Waals surface area contributed by atoms with Gasteiger partial charge in [0.05, 0.1) is 0 Å². The van der Waals surface area contributed by atoms with Crippen LogP contribution in [0.15, 0.2) is 11.6 Å². The minimum absolute atomic E-state index is 0.306. The summed E-state index contributed by atoms with van der Waals surface area (Å²) in [5.74, 6) is 3.05. The summed E-state index contributed by atoms with van der Waals surface area (Å²) < 4.78 is 6.68. The van der Waals surface area contributed by atoms with Crippen molar-refractivity contribution in [1.29, 1.82) is 0 Å². The van der Waals surface area contributed by atoms with E-state index in [1.807, 2.05) is 0 Å². The average Bonchev–Trinajstić information content (AvgIpc) is 2.37. The van der Waals surface area contributed by atoms with Crippen LogP contribution in [0, 0.1) is 29.1 Å². The smallest absolute Gasteiger partial charge is 0.191 e. The molecule has 23 heavy (non-hydrogen) atoms. The van der Waals surface area contributed by atoms with Crippen molar-refractivity contribution in [3.63, 3.8) is 0 Å². The van der Waals surface area contributed by atoms with Crippen LogP contribution in [0.25, 0.3) is 0 Å². The van der Waals surface area contributed by atoms with Gasteiger partial charge in [0.2, 0.25) is 0 Å². The quantitative estimate of drug-likeness (QED) is 0.413. The molecule has 0 aliphatic heterocycles. The lowest BCUT2D eigenvalue weighted by atomic mass is 9.54. The molecule has 0 spiro atoms. The van der Waals surface area contributed by atoms with Crippen LogP contribution in [0.3, 0.4) is 0 Å². The molecule has 2 rings (SSSR count). The zero-order valence-corrected chi connectivity index (χ0v) is 18.1. The van der Waals surface area contributed by atoms with E-state index in [2.05, 4.69) is 67.6 Å². The van der Waals surface area contributed by atoms with Crippen molar-refractivity contribution in [3.05, 3.63) is 11.6 Å². The molecule has 0 aromatic carbocycles. The Morgan fingerprint density at radius 2 is 1.83 bits per heavy atom. The van der Waals surface area contributed by atoms with Crippen LogP contribution < -0.4 is 0 Å². The standard InChI is InChI=1S/C21H40OSi/c1-15-10-11-19-18(14-22-23(8,9)20(4,5)6)17(3)16(2)13-21(19,7)12-15/h13,15,17-19H,10-12,14H2,1-9H3/t15-,17+,18+,19+,21-/m1/s1. The monoisotopic (exact) mass is 336 g/mol. The summed E-state index contributed by atoms with van der Waals surface area (Å²) in [4.78, 5) is 0. The van der Waals surface area contributed by atoms with E-state index in [0.717, 1.165) is 18.4 Å². The fourth-order valence-electron chi connectivity index (χ4n) is 4.79. The molecule has 0 aromatic heterocycles. The van der Waals surface area contributed by atoms with Crippen LogP contribution in [0.5, 0.6) is 0 Å². The lowest BCUT2D eigenvalue weighted by molar-refractivity contribution is 0.0188. The Balaban J connectivity index is 2.19. The molecule has 1 nitrogen and oxygen atoms in total. The van der Waals surface area contributed by atoms with E-state index in [0.29, 0.717) is 22.3 Å². The van der Waals surface area contributed by atoms with Gasteiger partial charge in [-0.05, 0) is 67.0 Å². The summed E-state index contributed by atoms with van der Waals surface area (Å²) in [5, 5.41) is 0.306. The molecule has 0 saturated heterocycles. The summed E-state index contributed by atoms with van der Waals surface area (Å²) in [5.41, 5.74) is 2.00. The summed E-state index contributed by atoms with van der Waals surface area (Å²) >= 11 is 0. The summed E-state index contributed by atoms with van der Waals surface area (Å²) in [7, 11) is -1.65. The van der Waals surface area contributed by atoms with E-state index < -0.39 is 8.32 Å². The Hall–Kier alpha value is -0.0831. The molecule has 2 aliphatic carbocycles. The Bertz CT molecular complexity index is 459. The molecule has 0 amide bonds. The molecule has 0 unspecified atom stereocenters. The number of fused-ring (bicyclic) bond motifs is 1. The fraction of sp³-hybridized carbons (Fsp3) is 0.905. The van der Waals surface area contributed by atoms with Gasteiger partial charge in [-0.2, -0.15) is 0 Å². The van der Waals surface area contributed by atoms with Gasteiger partial charge in [-0.15, -0.1) is 0 Å². The second-order valence-corrected chi connectivity index (χ2v) is 15.2. The average molecular weight is 337 g/mol. The molecular weight excluding hydrogens is 296 g/mol. The molecular formula is C21H40OSi. The van der Waals surface area contributed by atoms with E-state index >= 15 is 0 Å². The maximum atomic E-state index is 6.68. The highest BCUT2D eigenvalue weighted by Gasteiger charge is 2.47. The lowest BCUT2D eigenvalue weighted by Gasteiger charge is -2.52. The SMILES string of the molecule is CC1=C[C@@]2(C)C[C@H](C)CC[C@H]2[C@@H](CO[Si](C)(C)C(C)(C)C)[C@H]1C. The molecule has 2 heteroatoms. The third kappa shape index (κ3) is 3.79. The van der Waals surface area contributed by atoms with Gasteiger partial charge in [0.25, 0.3) is 0 Å². The predicted octanol–water partition coefficient (Wildman–Crippen LogP) is 6.66. The predicted molar refractivity (Wildman–Crippen MR) is 104 cm³/mol. The van der Waals surface area contributed by atoms with Gasteiger partial charge in [-0.1, -0.05) is 59.6 Å². The number of rotatable bonds is 3. The molecule has 0 aromatic rings. The van der Waals surface area contributed by atoms with Gasteiger partial charge < -0.3 is 4.43 Å². The first kappa shape index (κ1) is 19.2. The summed E-state index contributed by atoms with van der Waals surface area (Å²) in [6.07, 6.45) is 6.77. The first-order chi connectivity index (χ1) is 10.4. The van der Waals surface area contributed by atoms with Crippen molar-refractivity contribution < 1.29 is 4.43 Å². The van der Waals surface area contributed by atoms with E-state index in [4.69, 9.17) is 4.43 Å². The third-order valence-corrected chi connectivity index (χ3v) is 12.0. The Morgan fingerprint density at radius 1 is 1.22 bits per heavy atom. The van der Waals surface area contributed by atoms with Crippen LogP contribution in [0.2, 0.25) is 18.1 Å². The molecule has 134 valence electrons. The zero-order valence-electron chi connectivity index (χ0n) is 17.1. The Labute approximate surface area is 146 Å². The molecule has 1 saturated carbocycles. The highest BCUT2D eigenvalue weighted by molar-refractivity contribution is 6.74. The van der Waals surface area contributed by atoms with Gasteiger partial charge in [-0.3, -0.25) is 0 Å². The van der Waals surface area contributed by atoms with Crippen molar-refractivity contribution in [2.75, 3.05) is 6.61 Å². The van der Waals surface area contributed by atoms with Crippen molar-refractivity contribution in [3.8, 4) is 0 Å². The van der Waals surface area contributed by atoms with E-state index in [-0.39, 0.29) is 0 Å². The van der Waals surface area contributed by atoms with Gasteiger partial charge in [0.15, 0.2) is 8.32 Å². The maximum Gasteiger partial charge on any atom is 0.191 e. The number of hydrogen-bond donors (Lipinski definition) is 0. The number of hydrogen-bond acceptors (Lipinski definition) is 1. The topological polar surface area (TPSA) is 9.23 Å². The molecule has 0 N–H and O–H groups in total. The Morgan fingerprint density at radius 3 is 2.39 bits per heavy atom. The molecule has 2 aliphatic rings. The first-order valence-electron chi connectivity index (χ1n) is 9.71. The van der Waals surface area contributed by atoms with Gasteiger partial charge in [0.1, 0.15) is 0 Å². The molecule has 5 atom stereocenters. The second kappa shape index (κ2) is 6.33. The highest BCUT2D eigenvalue weighted by atomic mass is 28.4. The van der Waals surface area contributed by atoms with Crippen LogP contribution in [-0.2, 0) is 4.43 Å². The summed E-state index contributed by atoms with van der Waals surface area (Å²) in [6.45, 7) is 22.5. The van der Waals surface area contributed by atoms with Gasteiger partial charge in [-0.25, -0.2) is 0 Å². The molecule has 1 fully saturated rings. The second-order valence-electron chi connectivity index (χ2n) is 10.4. The minimum atomic E-state index is -1.65. The normalized spacial score (nSPS) is 38.9. The van der Waals surface area contributed by atoms with Crippen molar-refractivity contribution in [2.24, 2.45) is 29.1 Å². The highest BCUT2D eigenvalue weighted by Crippen LogP contribution is 2.54. The fourth-order valence-corrected chi connectivity index (χ4v) is 5.83. The summed E-state index contributed by atoms with van der Waals surface area (Å²) in [6, 6.07) is 0. The molecule has 0 heterocycles. The van der Waals surface area contributed by atoms with Gasteiger partial charge >= 0.3 is 0 Å². The zero-order chi connectivity index (χ0) is 17.6. The van der Waals surface area contributed by atoms with Crippen LogP contribution in [-0.4, -0.2) is 14.9 Å². The molecule has 0 bridgehead atoms. The van der Waals surface area contributed by atoms with E-state index in [1.54, 1.807) is 5.57 Å². The van der Waals surface area contributed by atoms with E-state index in [1.165, 1.54) is 19.3 Å². The third-order valence-electron chi connectivity index (χ3n) is 7.48. The first-order valence-corrected chi connectivity index (χ1v) is 12.6. The van der Waals surface area contributed by atoms with Crippen LogP contribution >= 0.6 is 0 Å². The molecule has 0 radical (unpaired) electrons. The number of allylic oxidation sites excluding steroid dienone is 2. The van der Waals surface area contributed by atoms with Crippen LogP contribution in [0.1, 0.15) is 67.7 Å². The van der Waals surface area contributed by atoms with Gasteiger partial charge in [0, 0.05) is 6.61 Å². The van der Waals surface area contributed by atoms with E-state index in [9.17, 15) is 0 Å². The van der Waals surface area contributed by atoms with Crippen LogP contribution in [0.4, 0.5) is 0 Å². The van der Waals surface area contributed by atoms with Crippen molar-refractivity contribution in [2.45, 2.75) is 85.9 Å².